The Hall–Kier alpha value is -2.99. The molecular weight excluding hydrogens is 398 g/mol. The van der Waals surface area contributed by atoms with Crippen LogP contribution in [0.4, 0.5) is 5.69 Å². The molecule has 6 heteroatoms. The molecular formula is C24H23NO4S. The number of benzene rings is 3. The van der Waals surface area contributed by atoms with Crippen molar-refractivity contribution in [2.24, 2.45) is 0 Å². The van der Waals surface area contributed by atoms with E-state index in [9.17, 15) is 5.11 Å². The molecule has 0 saturated carbocycles. The van der Waals surface area contributed by atoms with Crippen molar-refractivity contribution in [3.05, 3.63) is 71.8 Å². The highest BCUT2D eigenvalue weighted by Crippen LogP contribution is 2.48. The number of fused-ring (bicyclic) bond motifs is 2. The molecule has 0 unspecified atom stereocenters. The molecule has 5 rings (SSSR count). The third kappa shape index (κ3) is 3.63. The zero-order valence-corrected chi connectivity index (χ0v) is 17.5. The number of nitrogens with zero attached hydrogens (tertiary/aromatic N) is 1. The average molecular weight is 422 g/mol. The highest BCUT2D eigenvalue weighted by molar-refractivity contribution is 7.99. The molecule has 0 bridgehead atoms. The molecule has 1 N–H and O–H groups in total. The Morgan fingerprint density at radius 2 is 1.93 bits per heavy atom. The van der Waals surface area contributed by atoms with E-state index in [4.69, 9.17) is 14.2 Å². The van der Waals surface area contributed by atoms with Gasteiger partial charge in [-0.25, -0.2) is 0 Å². The van der Waals surface area contributed by atoms with Crippen molar-refractivity contribution in [2.45, 2.75) is 23.1 Å². The molecule has 0 aromatic heterocycles. The lowest BCUT2D eigenvalue weighted by atomic mass is 10.1. The molecule has 5 nitrogen and oxygen atoms in total. The van der Waals surface area contributed by atoms with Gasteiger partial charge >= 0.3 is 0 Å². The SMILES string of the molecule is COc1ccc2c(c1)S[C@H](c1ccc3c(c1)OCO3)CCN2Cc1ccccc1O. The minimum absolute atomic E-state index is 0.278. The summed E-state index contributed by atoms with van der Waals surface area (Å²) in [5, 5.41) is 10.6. The van der Waals surface area contributed by atoms with Gasteiger partial charge in [-0.3, -0.25) is 0 Å². The van der Waals surface area contributed by atoms with E-state index in [-0.39, 0.29) is 12.0 Å². The molecule has 0 spiro atoms. The molecule has 0 saturated heterocycles. The monoisotopic (exact) mass is 421 g/mol. The highest BCUT2D eigenvalue weighted by Gasteiger charge is 2.26. The maximum atomic E-state index is 10.3. The fraction of sp³-hybridized carbons (Fsp3) is 0.250. The molecule has 0 radical (unpaired) electrons. The summed E-state index contributed by atoms with van der Waals surface area (Å²) in [5.74, 6) is 2.79. The van der Waals surface area contributed by atoms with Gasteiger partial charge in [0.2, 0.25) is 6.79 Å². The van der Waals surface area contributed by atoms with Crippen molar-refractivity contribution in [1.82, 2.24) is 0 Å². The van der Waals surface area contributed by atoms with Gasteiger partial charge in [0.1, 0.15) is 11.5 Å². The molecule has 3 aromatic rings. The van der Waals surface area contributed by atoms with Crippen molar-refractivity contribution < 1.29 is 19.3 Å². The normalized spacial score (nSPS) is 17.4. The van der Waals surface area contributed by atoms with E-state index in [1.54, 1.807) is 13.2 Å². The van der Waals surface area contributed by atoms with Crippen LogP contribution < -0.4 is 19.1 Å². The van der Waals surface area contributed by atoms with Gasteiger partial charge in [-0.2, -0.15) is 0 Å². The van der Waals surface area contributed by atoms with Crippen LogP contribution in [0.25, 0.3) is 0 Å². The number of rotatable bonds is 4. The number of hydrogen-bond acceptors (Lipinski definition) is 6. The molecule has 0 aliphatic carbocycles. The Balaban J connectivity index is 1.49. The molecule has 3 aromatic carbocycles. The smallest absolute Gasteiger partial charge is 0.231 e. The van der Waals surface area contributed by atoms with Crippen molar-refractivity contribution in [2.75, 3.05) is 25.3 Å². The minimum Gasteiger partial charge on any atom is -0.508 e. The summed E-state index contributed by atoms with van der Waals surface area (Å²) in [6.45, 7) is 1.81. The number of phenolic OH excluding ortho intramolecular Hbond substituents is 1. The van der Waals surface area contributed by atoms with E-state index in [0.717, 1.165) is 41.5 Å². The molecule has 154 valence electrons. The summed E-state index contributed by atoms with van der Waals surface area (Å²) in [5.41, 5.74) is 3.31. The number of ether oxygens (including phenoxy) is 3. The van der Waals surface area contributed by atoms with Crippen LogP contribution in [0.1, 0.15) is 22.8 Å². The van der Waals surface area contributed by atoms with Crippen molar-refractivity contribution in [3.8, 4) is 23.0 Å². The first kappa shape index (κ1) is 19.0. The maximum Gasteiger partial charge on any atom is 0.231 e. The molecule has 2 heterocycles. The van der Waals surface area contributed by atoms with Crippen LogP contribution >= 0.6 is 11.8 Å². The largest absolute Gasteiger partial charge is 0.508 e. The lowest BCUT2D eigenvalue weighted by molar-refractivity contribution is 0.174. The number of phenols is 1. The summed E-state index contributed by atoms with van der Waals surface area (Å²) in [6, 6.07) is 20.0. The van der Waals surface area contributed by atoms with Gasteiger partial charge in [-0.05, 0) is 48.4 Å². The molecule has 2 aliphatic heterocycles. The Labute approximate surface area is 180 Å². The van der Waals surface area contributed by atoms with Gasteiger partial charge in [-0.1, -0.05) is 24.3 Å². The quantitative estimate of drug-likeness (QED) is 0.611. The average Bonchev–Trinajstić information content (AvgIpc) is 3.17. The summed E-state index contributed by atoms with van der Waals surface area (Å²) in [4.78, 5) is 3.51. The van der Waals surface area contributed by atoms with Crippen LogP contribution in [0, 0.1) is 0 Å². The van der Waals surface area contributed by atoms with Crippen LogP contribution in [0.15, 0.2) is 65.6 Å². The lowest BCUT2D eigenvalue weighted by Crippen LogP contribution is -2.24. The summed E-state index contributed by atoms with van der Waals surface area (Å²) < 4.78 is 16.5. The van der Waals surface area contributed by atoms with E-state index in [2.05, 4.69) is 29.2 Å². The van der Waals surface area contributed by atoms with Crippen LogP contribution in [-0.2, 0) is 6.54 Å². The molecule has 30 heavy (non-hydrogen) atoms. The van der Waals surface area contributed by atoms with Crippen LogP contribution in [-0.4, -0.2) is 25.6 Å². The minimum atomic E-state index is 0.278. The zero-order valence-electron chi connectivity index (χ0n) is 16.7. The zero-order chi connectivity index (χ0) is 20.5. The second kappa shape index (κ2) is 8.03. The van der Waals surface area contributed by atoms with Gasteiger partial charge in [0.25, 0.3) is 0 Å². The van der Waals surface area contributed by atoms with Gasteiger partial charge in [-0.15, -0.1) is 11.8 Å². The molecule has 1 atom stereocenters. The predicted molar refractivity (Wildman–Crippen MR) is 118 cm³/mol. The van der Waals surface area contributed by atoms with Crippen molar-refractivity contribution in [1.29, 1.82) is 0 Å². The van der Waals surface area contributed by atoms with E-state index >= 15 is 0 Å². The standard InChI is InChI=1S/C24H23NO4S/c1-27-18-7-8-19-24(13-18)30-23(16-6-9-21-22(12-16)29-15-28-21)10-11-25(19)14-17-4-2-3-5-20(17)26/h2-9,12-13,23,26H,10-11,14-15H2,1H3/t23-/m0/s1. The molecule has 2 aliphatic rings. The lowest BCUT2D eigenvalue weighted by Gasteiger charge is -2.25. The second-order valence-electron chi connectivity index (χ2n) is 7.39. The third-order valence-corrected chi connectivity index (χ3v) is 6.93. The maximum absolute atomic E-state index is 10.3. The topological polar surface area (TPSA) is 51.2 Å². The van der Waals surface area contributed by atoms with Crippen molar-refractivity contribution >= 4 is 17.4 Å². The summed E-state index contributed by atoms with van der Waals surface area (Å²) in [7, 11) is 1.69. The van der Waals surface area contributed by atoms with E-state index in [1.807, 2.05) is 42.1 Å². The Morgan fingerprint density at radius 1 is 1.07 bits per heavy atom. The van der Waals surface area contributed by atoms with E-state index in [0.29, 0.717) is 12.3 Å². The van der Waals surface area contributed by atoms with Crippen LogP contribution in [0.2, 0.25) is 0 Å². The van der Waals surface area contributed by atoms with Crippen molar-refractivity contribution in [3.63, 3.8) is 0 Å². The fourth-order valence-electron chi connectivity index (χ4n) is 3.95. The van der Waals surface area contributed by atoms with E-state index < -0.39 is 0 Å². The van der Waals surface area contributed by atoms with Gasteiger partial charge in [0.05, 0.1) is 12.8 Å². The van der Waals surface area contributed by atoms with Gasteiger partial charge in [0.15, 0.2) is 11.5 Å². The van der Waals surface area contributed by atoms with Crippen LogP contribution in [0.5, 0.6) is 23.0 Å². The number of para-hydroxylation sites is 1. The number of aromatic hydroxyl groups is 1. The van der Waals surface area contributed by atoms with Gasteiger partial charge in [0, 0.05) is 28.8 Å². The number of methoxy groups -OCH3 is 1. The Kier molecular flexibility index (Phi) is 5.09. The molecule has 0 amide bonds. The summed E-state index contributed by atoms with van der Waals surface area (Å²) in [6.07, 6.45) is 0.967. The fourth-order valence-corrected chi connectivity index (χ4v) is 5.26. The number of hydrogen-bond donors (Lipinski definition) is 1. The Bertz CT molecular complexity index is 1070. The number of anilines is 1. The Morgan fingerprint density at radius 3 is 2.80 bits per heavy atom. The van der Waals surface area contributed by atoms with Crippen LogP contribution in [0.3, 0.4) is 0 Å². The first-order valence-electron chi connectivity index (χ1n) is 9.97. The van der Waals surface area contributed by atoms with E-state index in [1.165, 1.54) is 10.5 Å². The first-order chi connectivity index (χ1) is 14.7. The summed E-state index contributed by atoms with van der Waals surface area (Å²) >= 11 is 1.84. The second-order valence-corrected chi connectivity index (χ2v) is 8.64. The first-order valence-corrected chi connectivity index (χ1v) is 10.9. The highest BCUT2D eigenvalue weighted by atomic mass is 32.2. The third-order valence-electron chi connectivity index (χ3n) is 5.56. The number of thioether (sulfide) groups is 1. The molecule has 0 fully saturated rings. The van der Waals surface area contributed by atoms with Gasteiger partial charge < -0.3 is 24.2 Å². The predicted octanol–water partition coefficient (Wildman–Crippen LogP) is 5.37.